The summed E-state index contributed by atoms with van der Waals surface area (Å²) in [5, 5.41) is 28.5. The summed E-state index contributed by atoms with van der Waals surface area (Å²) in [6, 6.07) is 5.70. The van der Waals surface area contributed by atoms with Gasteiger partial charge >= 0.3 is 11.9 Å². The van der Waals surface area contributed by atoms with Crippen molar-refractivity contribution in [2.24, 2.45) is 57.8 Å². The number of allylic oxidation sites excluding steroid dienone is 2. The van der Waals surface area contributed by atoms with E-state index < -0.39 is 22.8 Å². The van der Waals surface area contributed by atoms with Crippen molar-refractivity contribution in [2.45, 2.75) is 138 Å². The lowest BCUT2D eigenvalue weighted by atomic mass is 9.33. The zero-order valence-electron chi connectivity index (χ0n) is 34.0. The summed E-state index contributed by atoms with van der Waals surface area (Å²) in [6.45, 7) is 19.6. The van der Waals surface area contributed by atoms with Gasteiger partial charge in [0.25, 0.3) is 0 Å². The molecule has 10 heteroatoms. The molecule has 0 radical (unpaired) electrons. The molecule has 0 spiro atoms. The quantitative estimate of drug-likeness (QED) is 0.277. The van der Waals surface area contributed by atoms with E-state index in [1.807, 2.05) is 17.7 Å². The highest BCUT2D eigenvalue weighted by molar-refractivity contribution is 6.01. The van der Waals surface area contributed by atoms with Crippen molar-refractivity contribution in [3.63, 3.8) is 0 Å². The monoisotopic (exact) mass is 737 g/mol. The zero-order chi connectivity index (χ0) is 39.4. The van der Waals surface area contributed by atoms with Crippen molar-refractivity contribution in [3.8, 4) is 17.6 Å². The number of carbonyl (C=O) groups is 3. The van der Waals surface area contributed by atoms with Gasteiger partial charge in [-0.3, -0.25) is 19.4 Å². The first kappa shape index (κ1) is 38.4. The summed E-state index contributed by atoms with van der Waals surface area (Å²) in [6.07, 6.45) is 9.37. The Bertz CT molecular complexity index is 1970. The fourth-order valence-electron chi connectivity index (χ4n) is 13.3. The molecule has 0 amide bonds. The van der Waals surface area contributed by atoms with Gasteiger partial charge in [-0.05, 0) is 128 Å². The average Bonchev–Trinajstić information content (AvgIpc) is 3.63. The molecule has 5 aliphatic rings. The molecular weight excluding hydrogens is 679 g/mol. The molecule has 10 nitrogen and oxygen atoms in total. The van der Waals surface area contributed by atoms with Gasteiger partial charge in [0, 0.05) is 25.1 Å². The summed E-state index contributed by atoms with van der Waals surface area (Å²) in [4.78, 5) is 43.7. The molecule has 290 valence electrons. The third kappa shape index (κ3) is 5.29. The van der Waals surface area contributed by atoms with Gasteiger partial charge in [0.2, 0.25) is 0 Å². The number of fused-ring (bicyclic) bond motifs is 7. The molecule has 0 aromatic carbocycles. The van der Waals surface area contributed by atoms with Crippen molar-refractivity contribution < 1.29 is 24.2 Å². The van der Waals surface area contributed by atoms with Crippen LogP contribution in [0.25, 0.3) is 11.5 Å². The fourth-order valence-corrected chi connectivity index (χ4v) is 13.3. The highest BCUT2D eigenvalue weighted by Crippen LogP contribution is 2.76. The number of hydrogen-bond donors (Lipinski definition) is 1. The molecule has 2 heterocycles. The summed E-state index contributed by atoms with van der Waals surface area (Å²) < 4.78 is 8.22. The maximum atomic E-state index is 14.3. The molecule has 2 aromatic heterocycles. The van der Waals surface area contributed by atoms with Crippen LogP contribution in [0.15, 0.2) is 29.5 Å². The number of aromatic nitrogens is 4. The molecule has 7 rings (SSSR count). The van der Waals surface area contributed by atoms with E-state index in [1.165, 1.54) is 5.57 Å². The van der Waals surface area contributed by atoms with E-state index >= 15 is 0 Å². The SMILES string of the molecule is CC(C)C1=C2[C@H]3CCC4[C@@]5(C)CC[C@H](OC(=O)CC(C)(C)C(=O)O)C(C)(C)C5CC[C@@]4(C)[C@]3(C)CC[C@@]2(c2nnc(-c3ccc(C#N)cn3)n2C)CC1=O. The van der Waals surface area contributed by atoms with E-state index in [-0.39, 0.29) is 51.8 Å². The van der Waals surface area contributed by atoms with Crippen LogP contribution in [0.3, 0.4) is 0 Å². The zero-order valence-corrected chi connectivity index (χ0v) is 34.0. The van der Waals surface area contributed by atoms with Crippen LogP contribution in [-0.2, 0) is 31.6 Å². The predicted octanol–water partition coefficient (Wildman–Crippen LogP) is 8.39. The molecule has 5 aliphatic carbocycles. The van der Waals surface area contributed by atoms with Gasteiger partial charge in [0.05, 0.1) is 22.8 Å². The topological polar surface area (TPSA) is 148 Å². The van der Waals surface area contributed by atoms with Gasteiger partial charge < -0.3 is 14.4 Å². The van der Waals surface area contributed by atoms with Gasteiger partial charge in [-0.25, -0.2) is 0 Å². The number of pyridine rings is 1. The van der Waals surface area contributed by atoms with E-state index in [9.17, 15) is 24.8 Å². The number of ether oxygens (including phenoxy) is 1. The smallest absolute Gasteiger partial charge is 0.309 e. The Morgan fingerprint density at radius 2 is 1.72 bits per heavy atom. The highest BCUT2D eigenvalue weighted by atomic mass is 16.5. The number of nitriles is 1. The van der Waals surface area contributed by atoms with Crippen LogP contribution in [0.5, 0.6) is 0 Å². The van der Waals surface area contributed by atoms with Crippen LogP contribution in [0.1, 0.15) is 138 Å². The van der Waals surface area contributed by atoms with Gasteiger partial charge in [-0.2, -0.15) is 5.26 Å². The molecule has 54 heavy (non-hydrogen) atoms. The number of esters is 1. The summed E-state index contributed by atoms with van der Waals surface area (Å²) >= 11 is 0. The van der Waals surface area contributed by atoms with Gasteiger partial charge in [0.1, 0.15) is 23.7 Å². The predicted molar refractivity (Wildman–Crippen MR) is 204 cm³/mol. The van der Waals surface area contributed by atoms with Crippen LogP contribution in [-0.4, -0.2) is 48.7 Å². The number of carboxylic acid groups (broad SMARTS) is 1. The van der Waals surface area contributed by atoms with E-state index in [0.29, 0.717) is 35.3 Å². The molecule has 4 fully saturated rings. The standard InChI is InChI=1S/C44H59N5O5/c1-25(2)34-29(50)21-44(37-48-47-36(49(37)10)28-13-11-26(23-45)24-46-28)20-19-42(8)27(35(34)44)12-14-31-41(7)17-16-32(54-33(51)22-39(3,4)38(52)53)40(5,6)30(41)15-18-43(31,42)9/h11,13,24-25,27,30-32H,12,14-22H2,1-10H3,(H,52,53)/t27-,30?,31?,32+,41+,42-,43-,44-/m1/s1. The number of rotatable bonds is 7. The minimum Gasteiger partial charge on any atom is -0.481 e. The summed E-state index contributed by atoms with van der Waals surface area (Å²) in [5.74, 6) is 1.48. The van der Waals surface area contributed by atoms with Crippen molar-refractivity contribution in [3.05, 3.63) is 40.9 Å². The Morgan fingerprint density at radius 1 is 1.00 bits per heavy atom. The van der Waals surface area contributed by atoms with Crippen LogP contribution in [0.4, 0.5) is 0 Å². The molecule has 2 unspecified atom stereocenters. The van der Waals surface area contributed by atoms with Gasteiger partial charge in [-0.15, -0.1) is 10.2 Å². The first-order valence-electron chi connectivity index (χ1n) is 20.1. The third-order valence-electron chi connectivity index (χ3n) is 16.2. The highest BCUT2D eigenvalue weighted by Gasteiger charge is 2.71. The molecular formula is C44H59N5O5. The third-order valence-corrected chi connectivity index (χ3v) is 16.2. The lowest BCUT2D eigenvalue weighted by Crippen LogP contribution is -2.66. The number of ketones is 1. The van der Waals surface area contributed by atoms with Crippen LogP contribution < -0.4 is 0 Å². The lowest BCUT2D eigenvalue weighted by molar-refractivity contribution is -0.232. The van der Waals surface area contributed by atoms with E-state index in [4.69, 9.17) is 9.84 Å². The summed E-state index contributed by atoms with van der Waals surface area (Å²) in [7, 11) is 1.99. The fraction of sp³-hybridized carbons (Fsp3) is 0.705. The Balaban J connectivity index is 1.22. The first-order chi connectivity index (χ1) is 25.2. The Kier molecular flexibility index (Phi) is 8.94. The Labute approximate surface area is 320 Å². The molecule has 8 atom stereocenters. The van der Waals surface area contributed by atoms with Crippen LogP contribution in [0, 0.1) is 62.1 Å². The largest absolute Gasteiger partial charge is 0.481 e. The lowest BCUT2D eigenvalue weighted by Gasteiger charge is -2.72. The maximum absolute atomic E-state index is 14.3. The number of carbonyl (C=O) groups excluding carboxylic acids is 2. The number of aliphatic carboxylic acids is 1. The second kappa shape index (κ2) is 12.6. The second-order valence-corrected chi connectivity index (χ2v) is 19.9. The maximum Gasteiger partial charge on any atom is 0.309 e. The van der Waals surface area contributed by atoms with Crippen molar-refractivity contribution in [1.82, 2.24) is 19.7 Å². The normalized spacial score (nSPS) is 35.8. The number of carboxylic acids is 1. The molecule has 0 bridgehead atoms. The minimum atomic E-state index is -1.17. The molecule has 4 saturated carbocycles. The van der Waals surface area contributed by atoms with E-state index in [2.05, 4.69) is 64.6 Å². The van der Waals surface area contributed by atoms with Gasteiger partial charge in [-0.1, -0.05) is 48.5 Å². The number of Topliss-reactive ketones (excluding diaryl/α,β-unsaturated/α-hetero) is 1. The van der Waals surface area contributed by atoms with Crippen molar-refractivity contribution in [2.75, 3.05) is 0 Å². The summed E-state index contributed by atoms with van der Waals surface area (Å²) in [5.41, 5.74) is 1.58. The molecule has 1 N–H and O–H groups in total. The second-order valence-electron chi connectivity index (χ2n) is 19.9. The van der Waals surface area contributed by atoms with E-state index in [1.54, 1.807) is 26.1 Å². The van der Waals surface area contributed by atoms with Gasteiger partial charge in [0.15, 0.2) is 11.6 Å². The van der Waals surface area contributed by atoms with Crippen LogP contribution in [0.2, 0.25) is 0 Å². The number of hydrogen-bond acceptors (Lipinski definition) is 8. The molecule has 2 aromatic rings. The average molecular weight is 738 g/mol. The van der Waals surface area contributed by atoms with Crippen LogP contribution >= 0.6 is 0 Å². The Morgan fingerprint density at radius 3 is 2.35 bits per heavy atom. The first-order valence-corrected chi connectivity index (χ1v) is 20.1. The molecule has 0 aliphatic heterocycles. The Hall–Kier alpha value is -3.87. The minimum absolute atomic E-state index is 0.0283. The van der Waals surface area contributed by atoms with E-state index in [0.717, 1.165) is 62.8 Å². The van der Waals surface area contributed by atoms with Crippen molar-refractivity contribution >= 4 is 17.7 Å². The molecule has 0 saturated heterocycles. The van der Waals surface area contributed by atoms with Crippen molar-refractivity contribution in [1.29, 1.82) is 5.26 Å². The number of nitrogens with zero attached hydrogens (tertiary/aromatic N) is 5.